The first kappa shape index (κ1) is 54.2. The van der Waals surface area contributed by atoms with E-state index in [0.29, 0.717) is 12.8 Å². The van der Waals surface area contributed by atoms with E-state index >= 15 is 0 Å². The first-order valence-electron chi connectivity index (χ1n) is 22.1. The van der Waals surface area contributed by atoms with Crippen LogP contribution in [0.5, 0.6) is 0 Å². The van der Waals surface area contributed by atoms with E-state index in [2.05, 4.69) is 86.8 Å². The highest BCUT2D eigenvalue weighted by molar-refractivity contribution is 7.47. The number of rotatable bonds is 40. The molecule has 0 aliphatic rings. The number of phosphoric ester groups is 1. The molecule has 9 nitrogen and oxygen atoms in total. The smallest absolute Gasteiger partial charge is 0.462 e. The first-order chi connectivity index (χ1) is 27.8. The van der Waals surface area contributed by atoms with Gasteiger partial charge in [0.25, 0.3) is 0 Å². The number of esters is 2. The van der Waals surface area contributed by atoms with Crippen LogP contribution in [0.4, 0.5) is 0 Å². The monoisotopic (exact) mass is 818 g/mol. The molecule has 0 saturated heterocycles. The van der Waals surface area contributed by atoms with E-state index in [1.54, 1.807) is 0 Å². The largest absolute Gasteiger partial charge is 0.472 e. The SMILES string of the molecule is CCCCCC=CCC=CCC=CCC=CCC=CCCC(=O)OCC(COP(=O)(O)OCCN)OC(=O)CCCCCCCCCC=CCC=CCCCCC. The van der Waals surface area contributed by atoms with Crippen molar-refractivity contribution >= 4 is 19.8 Å². The summed E-state index contributed by atoms with van der Waals surface area (Å²) in [5, 5.41) is 0. The number of carbonyl (C=O) groups is 2. The van der Waals surface area contributed by atoms with E-state index in [-0.39, 0.29) is 32.6 Å². The summed E-state index contributed by atoms with van der Waals surface area (Å²) in [4.78, 5) is 34.9. The topological polar surface area (TPSA) is 134 Å². The van der Waals surface area contributed by atoms with E-state index in [1.807, 2.05) is 12.2 Å². The predicted octanol–water partition coefficient (Wildman–Crippen LogP) is 12.8. The number of carbonyl (C=O) groups excluding carboxylic acids is 2. The zero-order valence-corrected chi connectivity index (χ0v) is 36.7. The van der Waals surface area contributed by atoms with Crippen LogP contribution in [-0.2, 0) is 32.7 Å². The molecule has 0 aromatic heterocycles. The third-order valence-electron chi connectivity index (χ3n) is 8.77. The lowest BCUT2D eigenvalue weighted by Gasteiger charge is -2.19. The van der Waals surface area contributed by atoms with Gasteiger partial charge in [-0.1, -0.05) is 157 Å². The molecule has 0 spiro atoms. The molecule has 0 aliphatic carbocycles. The van der Waals surface area contributed by atoms with Crippen molar-refractivity contribution in [2.24, 2.45) is 5.73 Å². The van der Waals surface area contributed by atoms with Crippen molar-refractivity contribution in [3.05, 3.63) is 85.1 Å². The van der Waals surface area contributed by atoms with Crippen LogP contribution in [0.2, 0.25) is 0 Å². The average Bonchev–Trinajstić information content (AvgIpc) is 3.20. The quantitative estimate of drug-likeness (QED) is 0.0268. The van der Waals surface area contributed by atoms with Gasteiger partial charge in [0.2, 0.25) is 0 Å². The lowest BCUT2D eigenvalue weighted by Crippen LogP contribution is -2.29. The van der Waals surface area contributed by atoms with Gasteiger partial charge in [-0.2, -0.15) is 0 Å². The van der Waals surface area contributed by atoms with Gasteiger partial charge in [0.15, 0.2) is 6.10 Å². The Bertz CT molecular complexity index is 1210. The molecule has 2 atom stereocenters. The van der Waals surface area contributed by atoms with Crippen molar-refractivity contribution in [3.8, 4) is 0 Å². The summed E-state index contributed by atoms with van der Waals surface area (Å²) in [5.41, 5.74) is 5.34. The summed E-state index contributed by atoms with van der Waals surface area (Å²) in [5.74, 6) is -0.941. The van der Waals surface area contributed by atoms with E-state index in [4.69, 9.17) is 24.3 Å². The maximum absolute atomic E-state index is 12.6. The van der Waals surface area contributed by atoms with E-state index < -0.39 is 32.5 Å². The molecule has 0 radical (unpaired) electrons. The maximum Gasteiger partial charge on any atom is 0.472 e. The molecule has 2 unspecified atom stereocenters. The summed E-state index contributed by atoms with van der Waals surface area (Å²) in [6.07, 6.45) is 53.4. The number of allylic oxidation sites excluding steroid dienone is 14. The molecular weight excluding hydrogens is 737 g/mol. The standard InChI is InChI=1S/C47H80NO8P/c1-3-5-7-9-11-13-15-17-19-21-22-24-25-27-29-31-33-35-37-39-46(49)53-43-45(44-55-57(51,52)54-42-41-48)56-47(50)40-38-36-34-32-30-28-26-23-20-18-16-14-12-10-8-6-4-2/h11-14,17-20,22,24,27,29,33,35,45H,3-10,15-16,21,23,25-26,28,30-32,34,36-44,48H2,1-2H3,(H,51,52). The van der Waals surface area contributed by atoms with Crippen molar-refractivity contribution < 1.29 is 37.6 Å². The zero-order valence-electron chi connectivity index (χ0n) is 35.8. The molecule has 0 saturated carbocycles. The summed E-state index contributed by atoms with van der Waals surface area (Å²) in [6.45, 7) is 3.57. The number of phosphoric acid groups is 1. The lowest BCUT2D eigenvalue weighted by molar-refractivity contribution is -0.161. The second kappa shape index (κ2) is 42.8. The number of hydrogen-bond acceptors (Lipinski definition) is 8. The van der Waals surface area contributed by atoms with Crippen molar-refractivity contribution in [1.29, 1.82) is 0 Å². The van der Waals surface area contributed by atoms with E-state index in [9.17, 15) is 19.0 Å². The van der Waals surface area contributed by atoms with Crippen molar-refractivity contribution in [1.82, 2.24) is 0 Å². The van der Waals surface area contributed by atoms with Crippen LogP contribution >= 0.6 is 7.82 Å². The Hall–Kier alpha value is -2.81. The van der Waals surface area contributed by atoms with Crippen LogP contribution in [0, 0.1) is 0 Å². The van der Waals surface area contributed by atoms with Gasteiger partial charge in [0, 0.05) is 19.4 Å². The van der Waals surface area contributed by atoms with Gasteiger partial charge in [-0.15, -0.1) is 0 Å². The molecule has 0 heterocycles. The van der Waals surface area contributed by atoms with Gasteiger partial charge in [-0.05, 0) is 83.5 Å². The third kappa shape index (κ3) is 42.6. The molecule has 326 valence electrons. The minimum atomic E-state index is -4.40. The van der Waals surface area contributed by atoms with Gasteiger partial charge in [-0.25, -0.2) is 4.57 Å². The second-order valence-electron chi connectivity index (χ2n) is 14.2. The minimum absolute atomic E-state index is 0.0383. The summed E-state index contributed by atoms with van der Waals surface area (Å²) >= 11 is 0. The molecule has 0 fully saturated rings. The minimum Gasteiger partial charge on any atom is -0.462 e. The molecule has 0 bridgehead atoms. The van der Waals surface area contributed by atoms with Crippen LogP contribution < -0.4 is 5.73 Å². The Morgan fingerprint density at radius 1 is 0.526 bits per heavy atom. The fourth-order valence-electron chi connectivity index (χ4n) is 5.47. The Labute approximate surface area is 347 Å². The van der Waals surface area contributed by atoms with Gasteiger partial charge in [-0.3, -0.25) is 18.6 Å². The Balaban J connectivity index is 4.30. The van der Waals surface area contributed by atoms with Crippen molar-refractivity contribution in [2.45, 2.75) is 174 Å². The lowest BCUT2D eigenvalue weighted by atomic mass is 10.1. The van der Waals surface area contributed by atoms with Crippen LogP contribution in [0.3, 0.4) is 0 Å². The fourth-order valence-corrected chi connectivity index (χ4v) is 6.23. The van der Waals surface area contributed by atoms with Crippen LogP contribution in [0.25, 0.3) is 0 Å². The fraction of sp³-hybridized carbons (Fsp3) is 0.660. The first-order valence-corrected chi connectivity index (χ1v) is 23.6. The highest BCUT2D eigenvalue weighted by atomic mass is 31.2. The van der Waals surface area contributed by atoms with E-state index in [0.717, 1.165) is 57.8 Å². The molecule has 0 rings (SSSR count). The zero-order chi connectivity index (χ0) is 41.8. The molecule has 0 aromatic rings. The Morgan fingerprint density at radius 2 is 0.947 bits per heavy atom. The summed E-state index contributed by atoms with van der Waals surface area (Å²) in [7, 11) is -4.40. The Kier molecular flexibility index (Phi) is 40.7. The van der Waals surface area contributed by atoms with Crippen LogP contribution in [0.1, 0.15) is 168 Å². The van der Waals surface area contributed by atoms with Crippen molar-refractivity contribution in [2.75, 3.05) is 26.4 Å². The van der Waals surface area contributed by atoms with Crippen molar-refractivity contribution in [3.63, 3.8) is 0 Å². The number of hydrogen-bond donors (Lipinski definition) is 2. The number of ether oxygens (including phenoxy) is 2. The molecule has 0 amide bonds. The van der Waals surface area contributed by atoms with Crippen LogP contribution in [-0.4, -0.2) is 49.3 Å². The van der Waals surface area contributed by atoms with Gasteiger partial charge < -0.3 is 20.1 Å². The summed E-state index contributed by atoms with van der Waals surface area (Å²) < 4.78 is 32.7. The average molecular weight is 818 g/mol. The molecule has 0 aliphatic heterocycles. The molecule has 57 heavy (non-hydrogen) atoms. The second-order valence-corrected chi connectivity index (χ2v) is 15.7. The molecular formula is C47H80NO8P. The predicted molar refractivity (Wildman–Crippen MR) is 238 cm³/mol. The van der Waals surface area contributed by atoms with Gasteiger partial charge in [0.1, 0.15) is 6.61 Å². The van der Waals surface area contributed by atoms with E-state index in [1.165, 1.54) is 70.6 Å². The maximum atomic E-state index is 12.6. The molecule has 10 heteroatoms. The van der Waals surface area contributed by atoms with Crippen LogP contribution in [0.15, 0.2) is 85.1 Å². The highest BCUT2D eigenvalue weighted by Crippen LogP contribution is 2.43. The Morgan fingerprint density at radius 3 is 1.42 bits per heavy atom. The molecule has 0 aromatic carbocycles. The van der Waals surface area contributed by atoms with Gasteiger partial charge >= 0.3 is 19.8 Å². The summed E-state index contributed by atoms with van der Waals surface area (Å²) in [6, 6.07) is 0. The van der Waals surface area contributed by atoms with Gasteiger partial charge in [0.05, 0.1) is 13.2 Å². The molecule has 3 N–H and O–H groups in total. The normalized spacial score (nSPS) is 14.1. The highest BCUT2D eigenvalue weighted by Gasteiger charge is 2.25. The number of nitrogens with two attached hydrogens (primary N) is 1. The number of unbranched alkanes of at least 4 members (excludes halogenated alkanes) is 13. The third-order valence-corrected chi connectivity index (χ3v) is 9.75.